The van der Waals surface area contributed by atoms with Crippen LogP contribution in [0.15, 0.2) is 36.4 Å². The molecule has 0 aliphatic heterocycles. The fourth-order valence-corrected chi connectivity index (χ4v) is 1.70. The summed E-state index contributed by atoms with van der Waals surface area (Å²) in [5, 5.41) is 2.34. The van der Waals surface area contributed by atoms with Gasteiger partial charge >= 0.3 is 0 Å². The van der Waals surface area contributed by atoms with Crippen LogP contribution >= 0.6 is 11.6 Å². The van der Waals surface area contributed by atoms with E-state index in [4.69, 9.17) is 17.3 Å². The van der Waals surface area contributed by atoms with Gasteiger partial charge in [0.1, 0.15) is 0 Å². The fourth-order valence-electron chi connectivity index (χ4n) is 1.46. The summed E-state index contributed by atoms with van der Waals surface area (Å²) in [5.74, 6) is -2.87. The predicted octanol–water partition coefficient (Wildman–Crippen LogP) is 3.45. The van der Waals surface area contributed by atoms with E-state index in [1.807, 2.05) is 0 Å². The van der Waals surface area contributed by atoms with Gasteiger partial charge in [-0.05, 0) is 36.4 Å². The highest BCUT2D eigenvalue weighted by molar-refractivity contribution is 6.34. The number of nitrogens with one attached hydrogen (secondary N) is 1. The summed E-state index contributed by atoms with van der Waals surface area (Å²) in [5.41, 5.74) is 6.38. The molecule has 0 heterocycles. The van der Waals surface area contributed by atoms with E-state index in [9.17, 15) is 13.6 Å². The summed E-state index contributed by atoms with van der Waals surface area (Å²) in [6, 6.07) is 7.88. The van der Waals surface area contributed by atoms with Crippen molar-refractivity contribution in [2.45, 2.75) is 0 Å². The van der Waals surface area contributed by atoms with E-state index in [-0.39, 0.29) is 10.6 Å². The Hall–Kier alpha value is -2.14. The van der Waals surface area contributed by atoms with Crippen molar-refractivity contribution in [1.29, 1.82) is 0 Å². The Balaban J connectivity index is 2.25. The van der Waals surface area contributed by atoms with E-state index >= 15 is 0 Å². The zero-order valence-corrected chi connectivity index (χ0v) is 10.3. The fraction of sp³-hybridized carbons (Fsp3) is 0. The molecular weight excluding hydrogens is 274 g/mol. The maximum atomic E-state index is 13.1. The molecule has 2 rings (SSSR count). The second kappa shape index (κ2) is 5.24. The van der Waals surface area contributed by atoms with Gasteiger partial charge in [0.2, 0.25) is 0 Å². The van der Waals surface area contributed by atoms with Crippen LogP contribution in [0.25, 0.3) is 0 Å². The Labute approximate surface area is 113 Å². The van der Waals surface area contributed by atoms with Gasteiger partial charge in [-0.25, -0.2) is 8.78 Å². The van der Waals surface area contributed by atoms with E-state index < -0.39 is 17.5 Å². The zero-order chi connectivity index (χ0) is 14.0. The van der Waals surface area contributed by atoms with Crippen LogP contribution in [0.3, 0.4) is 0 Å². The first-order valence-electron chi connectivity index (χ1n) is 5.29. The minimum absolute atomic E-state index is 0.141. The Morgan fingerprint density at radius 3 is 2.32 bits per heavy atom. The van der Waals surface area contributed by atoms with E-state index in [2.05, 4.69) is 5.32 Å². The number of rotatable bonds is 2. The number of carbonyl (C=O) groups is 1. The number of amides is 1. The number of nitrogen functional groups attached to an aromatic ring is 1. The molecule has 0 atom stereocenters. The number of benzene rings is 2. The molecule has 0 spiro atoms. The molecule has 0 fully saturated rings. The summed E-state index contributed by atoms with van der Waals surface area (Å²) in [6.07, 6.45) is 0. The molecule has 0 aromatic heterocycles. The highest BCUT2D eigenvalue weighted by Gasteiger charge is 2.15. The van der Waals surface area contributed by atoms with Gasteiger partial charge < -0.3 is 11.1 Å². The Bertz CT molecular complexity index is 629. The molecule has 0 saturated carbocycles. The number of hydrogen-bond donors (Lipinski definition) is 2. The van der Waals surface area contributed by atoms with Crippen LogP contribution in [0.4, 0.5) is 20.2 Å². The Morgan fingerprint density at radius 1 is 1.11 bits per heavy atom. The van der Waals surface area contributed by atoms with Gasteiger partial charge in [0.25, 0.3) is 5.91 Å². The van der Waals surface area contributed by atoms with Crippen LogP contribution in [0.1, 0.15) is 10.4 Å². The minimum atomic E-state index is -1.13. The third kappa shape index (κ3) is 3.00. The number of hydrogen-bond acceptors (Lipinski definition) is 2. The maximum Gasteiger partial charge on any atom is 0.257 e. The first kappa shape index (κ1) is 13.3. The predicted molar refractivity (Wildman–Crippen MR) is 70.2 cm³/mol. The molecule has 1 amide bonds. The van der Waals surface area contributed by atoms with Crippen molar-refractivity contribution < 1.29 is 13.6 Å². The van der Waals surface area contributed by atoms with Crippen molar-refractivity contribution >= 4 is 28.9 Å². The molecule has 0 unspecified atom stereocenters. The van der Waals surface area contributed by atoms with E-state index in [1.165, 1.54) is 0 Å². The molecule has 0 radical (unpaired) electrons. The monoisotopic (exact) mass is 282 g/mol. The van der Waals surface area contributed by atoms with Crippen LogP contribution in [0.2, 0.25) is 5.02 Å². The van der Waals surface area contributed by atoms with Gasteiger partial charge in [0.15, 0.2) is 11.6 Å². The molecular formula is C13H9ClF2N2O. The van der Waals surface area contributed by atoms with Gasteiger partial charge in [-0.3, -0.25) is 4.79 Å². The molecule has 19 heavy (non-hydrogen) atoms. The third-order valence-corrected chi connectivity index (χ3v) is 2.74. The van der Waals surface area contributed by atoms with Crippen LogP contribution in [0.5, 0.6) is 0 Å². The van der Waals surface area contributed by atoms with Crippen molar-refractivity contribution in [2.24, 2.45) is 0 Å². The topological polar surface area (TPSA) is 55.1 Å². The Kier molecular flexibility index (Phi) is 3.66. The molecule has 2 aromatic rings. The van der Waals surface area contributed by atoms with E-state index in [1.54, 1.807) is 24.3 Å². The van der Waals surface area contributed by atoms with Crippen molar-refractivity contribution in [2.75, 3.05) is 11.1 Å². The van der Waals surface area contributed by atoms with E-state index in [0.29, 0.717) is 11.4 Å². The quantitative estimate of drug-likeness (QED) is 0.655. The number of carbonyl (C=O) groups excluding carboxylic acids is 1. The Morgan fingerprint density at radius 2 is 1.68 bits per heavy atom. The van der Waals surface area contributed by atoms with Gasteiger partial charge in [-0.1, -0.05) is 11.6 Å². The zero-order valence-electron chi connectivity index (χ0n) is 9.58. The summed E-state index contributed by atoms with van der Waals surface area (Å²) in [6.45, 7) is 0. The standard InChI is InChI=1S/C13H9ClF2N2O/c14-10-6-12(16)11(15)5-9(10)13(19)18-8-3-1-7(17)2-4-8/h1-6H,17H2,(H,18,19). The summed E-state index contributed by atoms with van der Waals surface area (Å²) >= 11 is 5.70. The lowest BCUT2D eigenvalue weighted by atomic mass is 10.2. The summed E-state index contributed by atoms with van der Waals surface area (Å²) in [7, 11) is 0. The van der Waals surface area contributed by atoms with Crippen LogP contribution < -0.4 is 11.1 Å². The SMILES string of the molecule is Nc1ccc(NC(=O)c2cc(F)c(F)cc2Cl)cc1. The molecule has 6 heteroatoms. The minimum Gasteiger partial charge on any atom is -0.399 e. The summed E-state index contributed by atoms with van der Waals surface area (Å²) < 4.78 is 26.0. The molecule has 0 bridgehead atoms. The number of nitrogens with two attached hydrogens (primary N) is 1. The first-order valence-corrected chi connectivity index (χ1v) is 5.66. The smallest absolute Gasteiger partial charge is 0.257 e. The second-order valence-electron chi connectivity index (χ2n) is 3.82. The number of halogens is 3. The molecule has 0 saturated heterocycles. The molecule has 0 aliphatic rings. The first-order chi connectivity index (χ1) is 8.97. The lowest BCUT2D eigenvalue weighted by Gasteiger charge is -2.07. The maximum absolute atomic E-state index is 13.1. The highest BCUT2D eigenvalue weighted by atomic mass is 35.5. The molecule has 0 aliphatic carbocycles. The van der Waals surface area contributed by atoms with Crippen molar-refractivity contribution in [3.8, 4) is 0 Å². The van der Waals surface area contributed by atoms with E-state index in [0.717, 1.165) is 12.1 Å². The second-order valence-corrected chi connectivity index (χ2v) is 4.23. The van der Waals surface area contributed by atoms with Gasteiger partial charge in [0, 0.05) is 11.4 Å². The van der Waals surface area contributed by atoms with Crippen molar-refractivity contribution in [3.63, 3.8) is 0 Å². The highest BCUT2D eigenvalue weighted by Crippen LogP contribution is 2.21. The molecule has 2 aromatic carbocycles. The van der Waals surface area contributed by atoms with Crippen LogP contribution in [-0.2, 0) is 0 Å². The molecule has 3 N–H and O–H groups in total. The number of anilines is 2. The van der Waals surface area contributed by atoms with Gasteiger partial charge in [-0.2, -0.15) is 0 Å². The normalized spacial score (nSPS) is 10.3. The largest absolute Gasteiger partial charge is 0.399 e. The third-order valence-electron chi connectivity index (χ3n) is 2.42. The van der Waals surface area contributed by atoms with Crippen molar-refractivity contribution in [1.82, 2.24) is 0 Å². The average Bonchev–Trinajstić information content (AvgIpc) is 2.36. The molecule has 98 valence electrons. The molecule has 3 nitrogen and oxygen atoms in total. The van der Waals surface area contributed by atoms with Gasteiger partial charge in [-0.15, -0.1) is 0 Å². The van der Waals surface area contributed by atoms with Crippen LogP contribution in [0, 0.1) is 11.6 Å². The average molecular weight is 283 g/mol. The van der Waals surface area contributed by atoms with Crippen molar-refractivity contribution in [3.05, 3.63) is 58.6 Å². The lowest BCUT2D eigenvalue weighted by molar-refractivity contribution is 0.102. The van der Waals surface area contributed by atoms with Gasteiger partial charge in [0.05, 0.1) is 10.6 Å². The van der Waals surface area contributed by atoms with Crippen LogP contribution in [-0.4, -0.2) is 5.91 Å². The summed E-state index contributed by atoms with van der Waals surface area (Å²) in [4.78, 5) is 11.9. The lowest BCUT2D eigenvalue weighted by Crippen LogP contribution is -2.13.